The average Bonchev–Trinajstić information content (AvgIpc) is 2.59. The van der Waals surface area contributed by atoms with Gasteiger partial charge in [0.2, 0.25) is 10.0 Å². The molecule has 0 spiro atoms. The summed E-state index contributed by atoms with van der Waals surface area (Å²) in [5.74, 6) is 0.652. The second-order valence-corrected chi connectivity index (χ2v) is 7.30. The molecule has 134 valence electrons. The number of nitrogens with zero attached hydrogens (tertiary/aromatic N) is 1. The number of hydrogen-bond acceptors (Lipinski definition) is 5. The fraction of sp³-hybridized carbons (Fsp3) is 0.375. The minimum absolute atomic E-state index is 0.0157. The second-order valence-electron chi connectivity index (χ2n) is 5.54. The summed E-state index contributed by atoms with van der Waals surface area (Å²) in [6, 6.07) is 5.35. The van der Waals surface area contributed by atoms with Crippen LogP contribution in [0.4, 0.5) is 0 Å². The molecule has 0 bridgehead atoms. The third-order valence-corrected chi connectivity index (χ3v) is 5.02. The molecule has 1 amide bonds. The van der Waals surface area contributed by atoms with Crippen molar-refractivity contribution in [3.05, 3.63) is 29.8 Å². The highest BCUT2D eigenvalue weighted by molar-refractivity contribution is 7.89. The third-order valence-electron chi connectivity index (χ3n) is 3.60. The Morgan fingerprint density at radius 1 is 1.36 bits per heavy atom. The number of morpholine rings is 1. The van der Waals surface area contributed by atoms with E-state index in [1.807, 2.05) is 0 Å². The molecule has 1 heterocycles. The molecule has 0 aromatic heterocycles. The van der Waals surface area contributed by atoms with Gasteiger partial charge in [-0.15, -0.1) is 6.42 Å². The van der Waals surface area contributed by atoms with Crippen molar-refractivity contribution in [2.75, 3.05) is 19.6 Å². The number of aliphatic carboxylic acids is 1. The van der Waals surface area contributed by atoms with Crippen LogP contribution < -0.4 is 4.72 Å². The Kier molecular flexibility index (Phi) is 5.79. The molecule has 1 unspecified atom stereocenters. The van der Waals surface area contributed by atoms with Crippen LogP contribution in [-0.2, 0) is 19.6 Å². The number of carboxylic acid groups (broad SMARTS) is 1. The van der Waals surface area contributed by atoms with Gasteiger partial charge in [-0.3, -0.25) is 4.79 Å². The van der Waals surface area contributed by atoms with Crippen LogP contribution in [0.3, 0.4) is 0 Å². The van der Waals surface area contributed by atoms with Crippen molar-refractivity contribution in [3.8, 4) is 12.3 Å². The first kappa shape index (κ1) is 18.9. The van der Waals surface area contributed by atoms with Gasteiger partial charge in [-0.2, -0.15) is 4.72 Å². The Bertz CT molecular complexity index is 797. The number of carbonyl (C=O) groups is 2. The van der Waals surface area contributed by atoms with Gasteiger partial charge in [-0.05, 0) is 31.2 Å². The van der Waals surface area contributed by atoms with Gasteiger partial charge in [0.05, 0.1) is 24.1 Å². The van der Waals surface area contributed by atoms with Gasteiger partial charge in [0.25, 0.3) is 5.91 Å². The van der Waals surface area contributed by atoms with Gasteiger partial charge in [0.15, 0.2) is 6.10 Å². The number of carbonyl (C=O) groups excluding carboxylic acids is 1. The molecule has 2 N–H and O–H groups in total. The summed E-state index contributed by atoms with van der Waals surface area (Å²) in [7, 11) is -3.73. The molecular weight excluding hydrogens is 348 g/mol. The molecule has 0 aliphatic carbocycles. The fourth-order valence-electron chi connectivity index (χ4n) is 2.43. The maximum Gasteiger partial charge on any atom is 0.334 e. The van der Waals surface area contributed by atoms with E-state index in [-0.39, 0.29) is 36.0 Å². The smallest absolute Gasteiger partial charge is 0.334 e. The number of nitrogens with one attached hydrogen (secondary N) is 1. The van der Waals surface area contributed by atoms with Crippen LogP contribution in [0.1, 0.15) is 17.3 Å². The predicted molar refractivity (Wildman–Crippen MR) is 88.3 cm³/mol. The molecule has 1 saturated heterocycles. The summed E-state index contributed by atoms with van der Waals surface area (Å²) < 4.78 is 31.4. The molecular formula is C16H18N2O6S. The van der Waals surface area contributed by atoms with E-state index in [0.717, 1.165) is 0 Å². The van der Waals surface area contributed by atoms with E-state index >= 15 is 0 Å². The molecule has 1 aromatic carbocycles. The van der Waals surface area contributed by atoms with Gasteiger partial charge < -0.3 is 14.7 Å². The van der Waals surface area contributed by atoms with Gasteiger partial charge >= 0.3 is 5.97 Å². The number of carboxylic acids is 1. The lowest BCUT2D eigenvalue weighted by Gasteiger charge is -2.35. The van der Waals surface area contributed by atoms with E-state index in [0.29, 0.717) is 0 Å². The largest absolute Gasteiger partial charge is 0.479 e. The topological polar surface area (TPSA) is 113 Å². The van der Waals surface area contributed by atoms with Gasteiger partial charge in [-0.1, -0.05) is 5.92 Å². The first-order valence-electron chi connectivity index (χ1n) is 7.45. The van der Waals surface area contributed by atoms with Crippen LogP contribution in [0.15, 0.2) is 29.2 Å². The predicted octanol–water partition coefficient (Wildman–Crippen LogP) is -0.0878. The van der Waals surface area contributed by atoms with Crippen molar-refractivity contribution < 1.29 is 27.9 Å². The standard InChI is InChI=1S/C16H18N2O6S/c1-3-8-17-25(22,23)13-6-4-12(5-7-13)15(19)18-9-11(2)24-14(10-18)16(20)21/h1,4-7,11,14,17H,8-10H2,2H3,(H,20,21)/t11-,14?/m1/s1. The Morgan fingerprint density at radius 3 is 2.56 bits per heavy atom. The van der Waals surface area contributed by atoms with E-state index in [1.165, 1.54) is 29.2 Å². The molecule has 1 aromatic rings. The monoisotopic (exact) mass is 366 g/mol. The molecule has 1 aliphatic heterocycles. The number of ether oxygens (including phenoxy) is 1. The lowest BCUT2D eigenvalue weighted by molar-refractivity contribution is -0.160. The highest BCUT2D eigenvalue weighted by atomic mass is 32.2. The molecule has 25 heavy (non-hydrogen) atoms. The summed E-state index contributed by atoms with van der Waals surface area (Å²) in [5, 5.41) is 9.07. The Labute approximate surface area is 145 Å². The minimum Gasteiger partial charge on any atom is -0.479 e. The quantitative estimate of drug-likeness (QED) is 0.705. The SMILES string of the molecule is C#CCNS(=O)(=O)c1ccc(C(=O)N2CC(C(=O)O)O[C@H](C)C2)cc1. The van der Waals surface area contributed by atoms with Crippen LogP contribution in [0.2, 0.25) is 0 Å². The molecule has 2 atom stereocenters. The number of terminal acetylenes is 1. The summed E-state index contributed by atoms with van der Waals surface area (Å²) in [6.07, 6.45) is 3.53. The zero-order valence-corrected chi connectivity index (χ0v) is 14.3. The van der Waals surface area contributed by atoms with Crippen molar-refractivity contribution in [1.82, 2.24) is 9.62 Å². The normalized spacial score (nSPS) is 20.7. The summed E-state index contributed by atoms with van der Waals surface area (Å²) in [6.45, 7) is 1.74. The summed E-state index contributed by atoms with van der Waals surface area (Å²) in [5.41, 5.74) is 0.258. The zero-order chi connectivity index (χ0) is 18.6. The molecule has 0 saturated carbocycles. The van der Waals surface area contributed by atoms with E-state index in [9.17, 15) is 18.0 Å². The number of rotatable bonds is 5. The Hall–Kier alpha value is -2.41. The van der Waals surface area contributed by atoms with Crippen molar-refractivity contribution in [2.45, 2.75) is 24.0 Å². The van der Waals surface area contributed by atoms with E-state index in [4.69, 9.17) is 16.3 Å². The van der Waals surface area contributed by atoms with Crippen molar-refractivity contribution in [3.63, 3.8) is 0 Å². The maximum absolute atomic E-state index is 12.5. The third kappa shape index (κ3) is 4.57. The summed E-state index contributed by atoms with van der Waals surface area (Å²) >= 11 is 0. The van der Waals surface area contributed by atoms with Crippen molar-refractivity contribution in [2.24, 2.45) is 0 Å². The highest BCUT2D eigenvalue weighted by Crippen LogP contribution is 2.17. The van der Waals surface area contributed by atoms with Gasteiger partial charge in [0, 0.05) is 12.1 Å². The number of benzene rings is 1. The Balaban J connectivity index is 2.15. The molecule has 8 nitrogen and oxygen atoms in total. The second kappa shape index (κ2) is 7.65. The number of amides is 1. The van der Waals surface area contributed by atoms with Crippen LogP contribution in [0.5, 0.6) is 0 Å². The molecule has 2 rings (SSSR count). The molecule has 0 radical (unpaired) electrons. The summed E-state index contributed by atoms with van der Waals surface area (Å²) in [4.78, 5) is 25.0. The van der Waals surface area contributed by atoms with Crippen LogP contribution in [0.25, 0.3) is 0 Å². The van der Waals surface area contributed by atoms with Crippen LogP contribution >= 0.6 is 0 Å². The first-order chi connectivity index (χ1) is 11.7. The minimum atomic E-state index is -3.73. The van der Waals surface area contributed by atoms with E-state index in [1.54, 1.807) is 6.92 Å². The molecule has 1 aliphatic rings. The molecule has 9 heteroatoms. The lowest BCUT2D eigenvalue weighted by atomic mass is 10.1. The Morgan fingerprint density at radius 2 is 2.00 bits per heavy atom. The van der Waals surface area contributed by atoms with Crippen molar-refractivity contribution in [1.29, 1.82) is 0 Å². The number of hydrogen-bond donors (Lipinski definition) is 2. The number of sulfonamides is 1. The van der Waals surface area contributed by atoms with E-state index < -0.39 is 28.2 Å². The maximum atomic E-state index is 12.5. The van der Waals surface area contributed by atoms with Crippen LogP contribution in [0, 0.1) is 12.3 Å². The lowest BCUT2D eigenvalue weighted by Crippen LogP contribution is -2.51. The van der Waals surface area contributed by atoms with E-state index in [2.05, 4.69) is 10.6 Å². The fourth-order valence-corrected chi connectivity index (χ4v) is 3.37. The molecule has 1 fully saturated rings. The van der Waals surface area contributed by atoms with Gasteiger partial charge in [-0.25, -0.2) is 13.2 Å². The van der Waals surface area contributed by atoms with Crippen LogP contribution in [-0.4, -0.2) is 62.1 Å². The average molecular weight is 366 g/mol. The zero-order valence-electron chi connectivity index (χ0n) is 13.5. The van der Waals surface area contributed by atoms with Crippen molar-refractivity contribution >= 4 is 21.9 Å². The van der Waals surface area contributed by atoms with Gasteiger partial charge in [0.1, 0.15) is 0 Å². The highest BCUT2D eigenvalue weighted by Gasteiger charge is 2.33. The first-order valence-corrected chi connectivity index (χ1v) is 8.93.